The van der Waals surface area contributed by atoms with Crippen molar-refractivity contribution in [2.75, 3.05) is 26.9 Å². The number of likely N-dealkylation sites (N-methyl/N-ethyl adjacent to an activating group) is 1. The molecule has 0 N–H and O–H groups in total. The lowest BCUT2D eigenvalue weighted by atomic mass is 10.2. The average molecular weight is 244 g/mol. The molecule has 94 valence electrons. The Morgan fingerprint density at radius 3 is 2.72 bits per heavy atom. The first-order valence-electron chi connectivity index (χ1n) is 6.41. The molecule has 1 aromatic heterocycles. The molecule has 0 spiro atoms. The van der Waals surface area contributed by atoms with Crippen LogP contribution in [0.5, 0.6) is 11.5 Å². The third kappa shape index (κ3) is 1.42. The maximum Gasteiger partial charge on any atom is 0.231 e. The number of rotatable bonds is 0. The molecule has 4 heteroatoms. The molecule has 0 radical (unpaired) electrons. The van der Waals surface area contributed by atoms with Gasteiger partial charge < -0.3 is 18.9 Å². The quantitative estimate of drug-likeness (QED) is 0.707. The molecule has 0 saturated heterocycles. The van der Waals surface area contributed by atoms with Crippen LogP contribution in [0, 0.1) is 0 Å². The normalized spacial score (nSPS) is 18.9. The Hall–Kier alpha value is -1.68. The summed E-state index contributed by atoms with van der Waals surface area (Å²) in [5, 5.41) is 1.26. The third-order valence-electron chi connectivity index (χ3n) is 3.94. The minimum absolute atomic E-state index is 0.345. The van der Waals surface area contributed by atoms with Gasteiger partial charge in [0.05, 0.1) is 5.52 Å². The largest absolute Gasteiger partial charge is 0.454 e. The first-order valence-corrected chi connectivity index (χ1v) is 6.41. The van der Waals surface area contributed by atoms with Gasteiger partial charge in [-0.15, -0.1) is 0 Å². The van der Waals surface area contributed by atoms with Crippen molar-refractivity contribution in [3.8, 4) is 11.5 Å². The molecule has 0 amide bonds. The van der Waals surface area contributed by atoms with Crippen LogP contribution in [-0.2, 0) is 13.0 Å². The zero-order valence-electron chi connectivity index (χ0n) is 10.5. The van der Waals surface area contributed by atoms with Gasteiger partial charge in [-0.3, -0.25) is 0 Å². The van der Waals surface area contributed by atoms with Gasteiger partial charge >= 0.3 is 0 Å². The van der Waals surface area contributed by atoms with Crippen molar-refractivity contribution in [2.24, 2.45) is 0 Å². The Labute approximate surface area is 106 Å². The number of nitrogens with zero attached hydrogens (tertiary/aromatic N) is 2. The second-order valence-electron chi connectivity index (χ2n) is 5.10. The summed E-state index contributed by atoms with van der Waals surface area (Å²) >= 11 is 0. The summed E-state index contributed by atoms with van der Waals surface area (Å²) in [7, 11) is 2.18. The molecule has 1 aromatic carbocycles. The summed E-state index contributed by atoms with van der Waals surface area (Å²) in [4.78, 5) is 2.38. The third-order valence-corrected chi connectivity index (χ3v) is 3.94. The van der Waals surface area contributed by atoms with Gasteiger partial charge in [-0.2, -0.15) is 0 Å². The van der Waals surface area contributed by atoms with E-state index >= 15 is 0 Å². The summed E-state index contributed by atoms with van der Waals surface area (Å²) in [6, 6.07) is 6.51. The SMILES string of the molecule is CN1CCc2cc3cc4c(cc3n2CC1)OCO4. The van der Waals surface area contributed by atoms with Crippen LogP contribution < -0.4 is 9.47 Å². The molecule has 18 heavy (non-hydrogen) atoms. The fourth-order valence-corrected chi connectivity index (χ4v) is 2.87. The molecule has 2 aromatic rings. The molecule has 3 heterocycles. The molecule has 4 rings (SSSR count). The van der Waals surface area contributed by atoms with Gasteiger partial charge in [0.2, 0.25) is 6.79 Å². The smallest absolute Gasteiger partial charge is 0.231 e. The van der Waals surface area contributed by atoms with Gasteiger partial charge in [0.15, 0.2) is 11.5 Å². The molecule has 2 aliphatic rings. The molecule has 0 saturated carbocycles. The highest BCUT2D eigenvalue weighted by atomic mass is 16.7. The van der Waals surface area contributed by atoms with Gasteiger partial charge in [-0.05, 0) is 19.2 Å². The molecule has 0 unspecified atom stereocenters. The summed E-state index contributed by atoms with van der Waals surface area (Å²) in [5.74, 6) is 1.75. The number of ether oxygens (including phenoxy) is 2. The van der Waals surface area contributed by atoms with E-state index < -0.39 is 0 Å². The standard InChI is InChI=1S/C14H16N2O2/c1-15-3-2-11-6-10-7-13-14(18-9-17-13)8-12(10)16(11)5-4-15/h6-8H,2-5,9H2,1H3. The van der Waals surface area contributed by atoms with E-state index in [2.05, 4.69) is 34.7 Å². The summed E-state index contributed by atoms with van der Waals surface area (Å²) in [5.41, 5.74) is 2.68. The van der Waals surface area contributed by atoms with Gasteiger partial charge in [0.1, 0.15) is 0 Å². The fraction of sp³-hybridized carbons (Fsp3) is 0.429. The first-order chi connectivity index (χ1) is 8.81. The molecule has 4 nitrogen and oxygen atoms in total. The van der Waals surface area contributed by atoms with E-state index in [0.717, 1.165) is 37.6 Å². The predicted octanol–water partition coefficient (Wildman–Crippen LogP) is 1.86. The molecule has 0 bridgehead atoms. The number of benzene rings is 1. The minimum atomic E-state index is 0.345. The Balaban J connectivity index is 1.89. The molecule has 0 aliphatic carbocycles. The number of hydrogen-bond donors (Lipinski definition) is 0. The lowest BCUT2D eigenvalue weighted by Crippen LogP contribution is -2.21. The van der Waals surface area contributed by atoms with Crippen LogP contribution in [-0.4, -0.2) is 36.4 Å². The highest BCUT2D eigenvalue weighted by molar-refractivity contribution is 5.85. The zero-order valence-corrected chi connectivity index (χ0v) is 10.5. The lowest BCUT2D eigenvalue weighted by Gasteiger charge is -2.11. The van der Waals surface area contributed by atoms with Gasteiger partial charge in [-0.1, -0.05) is 0 Å². The predicted molar refractivity (Wildman–Crippen MR) is 69.3 cm³/mol. The van der Waals surface area contributed by atoms with Gasteiger partial charge in [0.25, 0.3) is 0 Å². The minimum Gasteiger partial charge on any atom is -0.454 e. The van der Waals surface area contributed by atoms with Crippen LogP contribution in [0.15, 0.2) is 18.2 Å². The summed E-state index contributed by atoms with van der Waals surface area (Å²) in [6.45, 7) is 3.63. The van der Waals surface area contributed by atoms with Crippen molar-refractivity contribution < 1.29 is 9.47 Å². The van der Waals surface area contributed by atoms with Crippen LogP contribution in [0.3, 0.4) is 0 Å². The Kier molecular flexibility index (Phi) is 2.08. The van der Waals surface area contributed by atoms with E-state index in [4.69, 9.17) is 9.47 Å². The average Bonchev–Trinajstić information content (AvgIpc) is 2.89. The second kappa shape index (κ2) is 3.65. The molecular weight excluding hydrogens is 228 g/mol. The van der Waals surface area contributed by atoms with Gasteiger partial charge in [0, 0.05) is 43.2 Å². The Morgan fingerprint density at radius 2 is 1.83 bits per heavy atom. The maximum absolute atomic E-state index is 5.47. The highest BCUT2D eigenvalue weighted by Gasteiger charge is 2.19. The van der Waals surface area contributed by atoms with Crippen molar-refractivity contribution in [1.82, 2.24) is 9.47 Å². The van der Waals surface area contributed by atoms with E-state index in [-0.39, 0.29) is 0 Å². The van der Waals surface area contributed by atoms with Gasteiger partial charge in [-0.25, -0.2) is 0 Å². The van der Waals surface area contributed by atoms with E-state index in [1.807, 2.05) is 0 Å². The fourth-order valence-electron chi connectivity index (χ4n) is 2.87. The van der Waals surface area contributed by atoms with Crippen molar-refractivity contribution in [3.05, 3.63) is 23.9 Å². The van der Waals surface area contributed by atoms with Crippen LogP contribution in [0.25, 0.3) is 10.9 Å². The van der Waals surface area contributed by atoms with E-state index in [9.17, 15) is 0 Å². The first kappa shape index (κ1) is 10.3. The number of aromatic nitrogens is 1. The number of fused-ring (bicyclic) bond motifs is 4. The van der Waals surface area contributed by atoms with Crippen LogP contribution in [0.1, 0.15) is 5.69 Å². The van der Waals surface area contributed by atoms with Crippen LogP contribution >= 0.6 is 0 Å². The van der Waals surface area contributed by atoms with E-state index in [0.29, 0.717) is 6.79 Å². The Morgan fingerprint density at radius 1 is 1.00 bits per heavy atom. The monoisotopic (exact) mass is 244 g/mol. The maximum atomic E-state index is 5.47. The Bertz CT molecular complexity index is 618. The zero-order chi connectivity index (χ0) is 12.1. The van der Waals surface area contributed by atoms with E-state index in [1.165, 1.54) is 16.6 Å². The summed E-state index contributed by atoms with van der Waals surface area (Å²) in [6.07, 6.45) is 1.11. The van der Waals surface area contributed by atoms with Crippen LogP contribution in [0.4, 0.5) is 0 Å². The molecule has 0 atom stereocenters. The number of hydrogen-bond acceptors (Lipinski definition) is 3. The topological polar surface area (TPSA) is 26.6 Å². The van der Waals surface area contributed by atoms with Crippen molar-refractivity contribution in [1.29, 1.82) is 0 Å². The molecule has 0 fully saturated rings. The lowest BCUT2D eigenvalue weighted by molar-refractivity contribution is 0.174. The highest BCUT2D eigenvalue weighted by Crippen LogP contribution is 2.37. The van der Waals surface area contributed by atoms with Crippen molar-refractivity contribution in [3.63, 3.8) is 0 Å². The van der Waals surface area contributed by atoms with Crippen LogP contribution in [0.2, 0.25) is 0 Å². The molecular formula is C14H16N2O2. The van der Waals surface area contributed by atoms with Crippen molar-refractivity contribution in [2.45, 2.75) is 13.0 Å². The second-order valence-corrected chi connectivity index (χ2v) is 5.10. The summed E-state index contributed by atoms with van der Waals surface area (Å²) < 4.78 is 13.3. The van der Waals surface area contributed by atoms with E-state index in [1.54, 1.807) is 0 Å². The van der Waals surface area contributed by atoms with Crippen molar-refractivity contribution >= 4 is 10.9 Å². The molecule has 2 aliphatic heterocycles.